The molecule has 2 aliphatic heterocycles. The van der Waals surface area contributed by atoms with Gasteiger partial charge in [-0.2, -0.15) is 4.98 Å². The van der Waals surface area contributed by atoms with Crippen molar-refractivity contribution in [3.63, 3.8) is 0 Å². The Hall–Kier alpha value is -1.12. The van der Waals surface area contributed by atoms with Gasteiger partial charge in [-0.05, 0) is 38.3 Å². The Morgan fingerprint density at radius 3 is 2.71 bits per heavy atom. The average Bonchev–Trinajstić information content (AvgIpc) is 3.39. The number of sulfone groups is 1. The van der Waals surface area contributed by atoms with Crippen molar-refractivity contribution in [2.75, 3.05) is 31.3 Å². The normalized spacial score (nSPS) is 24.1. The third kappa shape index (κ3) is 2.38. The molecular formula is C15H20ClN3O4S. The van der Waals surface area contributed by atoms with Crippen LogP contribution in [0, 0.1) is 0 Å². The molecule has 0 N–H and O–H groups in total. The summed E-state index contributed by atoms with van der Waals surface area (Å²) in [4.78, 5) is 10.7. The van der Waals surface area contributed by atoms with E-state index in [1.54, 1.807) is 13.8 Å². The van der Waals surface area contributed by atoms with Crippen molar-refractivity contribution in [3.8, 4) is 5.75 Å². The predicted octanol–water partition coefficient (Wildman–Crippen LogP) is 1.54. The topological polar surface area (TPSA) is 81.6 Å². The maximum atomic E-state index is 12.9. The summed E-state index contributed by atoms with van der Waals surface area (Å²) in [7, 11) is -3.37. The molecule has 4 rings (SSSR count). The van der Waals surface area contributed by atoms with E-state index >= 15 is 0 Å². The van der Waals surface area contributed by atoms with E-state index in [-0.39, 0.29) is 16.6 Å². The van der Waals surface area contributed by atoms with Crippen molar-refractivity contribution < 1.29 is 17.9 Å². The lowest BCUT2D eigenvalue weighted by molar-refractivity contribution is 0.0691. The van der Waals surface area contributed by atoms with Gasteiger partial charge in [0.25, 0.3) is 0 Å². The van der Waals surface area contributed by atoms with Crippen LogP contribution in [0.2, 0.25) is 5.28 Å². The van der Waals surface area contributed by atoms with Crippen LogP contribution in [0.1, 0.15) is 32.4 Å². The lowest BCUT2D eigenvalue weighted by Crippen LogP contribution is -2.52. The fourth-order valence-corrected chi connectivity index (χ4v) is 5.49. The van der Waals surface area contributed by atoms with Gasteiger partial charge in [0.2, 0.25) is 5.28 Å². The number of ether oxygens (including phenoxy) is 2. The fourth-order valence-electron chi connectivity index (χ4n) is 3.33. The van der Waals surface area contributed by atoms with E-state index in [2.05, 4.69) is 14.9 Å². The van der Waals surface area contributed by atoms with Crippen molar-refractivity contribution in [1.82, 2.24) is 9.97 Å². The number of aromatic nitrogens is 2. The molecule has 1 aromatic rings. The van der Waals surface area contributed by atoms with Crippen LogP contribution in [0.25, 0.3) is 0 Å². The van der Waals surface area contributed by atoms with E-state index in [9.17, 15) is 8.42 Å². The maximum absolute atomic E-state index is 12.9. The van der Waals surface area contributed by atoms with Gasteiger partial charge in [0.15, 0.2) is 21.4 Å². The van der Waals surface area contributed by atoms with Gasteiger partial charge in [-0.15, -0.1) is 0 Å². The SMILES string of the molecule is CC(C)(c1nc(Cl)nc2c1OCC1COCCN21)S(=O)(=O)C1CC1. The molecule has 1 unspecified atom stereocenters. The van der Waals surface area contributed by atoms with Gasteiger partial charge in [-0.1, -0.05) is 0 Å². The highest BCUT2D eigenvalue weighted by atomic mass is 35.5. The molecule has 0 bridgehead atoms. The number of fused-ring (bicyclic) bond motifs is 3. The summed E-state index contributed by atoms with van der Waals surface area (Å²) in [5.74, 6) is 1.01. The van der Waals surface area contributed by atoms with Crippen molar-refractivity contribution >= 4 is 27.3 Å². The van der Waals surface area contributed by atoms with Crippen LogP contribution in [0.5, 0.6) is 5.75 Å². The molecule has 1 saturated carbocycles. The van der Waals surface area contributed by atoms with Crippen LogP contribution in [0.15, 0.2) is 0 Å². The van der Waals surface area contributed by atoms with Crippen LogP contribution in [0.4, 0.5) is 5.82 Å². The Bertz CT molecular complexity index is 779. The average molecular weight is 374 g/mol. The quantitative estimate of drug-likeness (QED) is 0.743. The van der Waals surface area contributed by atoms with E-state index < -0.39 is 14.6 Å². The van der Waals surface area contributed by atoms with E-state index in [0.717, 1.165) is 0 Å². The van der Waals surface area contributed by atoms with Gasteiger partial charge in [0, 0.05) is 6.54 Å². The highest BCUT2D eigenvalue weighted by Crippen LogP contribution is 2.47. The molecule has 0 radical (unpaired) electrons. The van der Waals surface area contributed by atoms with E-state index in [1.807, 2.05) is 0 Å². The fraction of sp³-hybridized carbons (Fsp3) is 0.733. The molecular weight excluding hydrogens is 354 g/mol. The summed E-state index contributed by atoms with van der Waals surface area (Å²) < 4.78 is 36.0. The summed E-state index contributed by atoms with van der Waals surface area (Å²) in [6.45, 7) is 5.59. The van der Waals surface area contributed by atoms with Crippen molar-refractivity contribution in [3.05, 3.63) is 11.0 Å². The van der Waals surface area contributed by atoms with Gasteiger partial charge < -0.3 is 14.4 Å². The summed E-state index contributed by atoms with van der Waals surface area (Å²) in [5.41, 5.74) is 0.356. The van der Waals surface area contributed by atoms with Crippen LogP contribution in [-0.4, -0.2) is 56.0 Å². The Kier molecular flexibility index (Phi) is 3.71. The van der Waals surface area contributed by atoms with Crippen LogP contribution < -0.4 is 9.64 Å². The molecule has 1 atom stereocenters. The minimum absolute atomic E-state index is 0.0403. The van der Waals surface area contributed by atoms with Crippen molar-refractivity contribution in [2.24, 2.45) is 0 Å². The van der Waals surface area contributed by atoms with Crippen LogP contribution >= 0.6 is 11.6 Å². The summed E-state index contributed by atoms with van der Waals surface area (Å²) in [5, 5.41) is -0.254. The molecule has 3 heterocycles. The molecule has 1 saturated heterocycles. The first-order valence-corrected chi connectivity index (χ1v) is 10.0. The van der Waals surface area contributed by atoms with Gasteiger partial charge in [0.1, 0.15) is 17.0 Å². The number of hydrogen-bond acceptors (Lipinski definition) is 7. The second-order valence-electron chi connectivity index (χ2n) is 6.98. The molecule has 0 spiro atoms. The van der Waals surface area contributed by atoms with Gasteiger partial charge >= 0.3 is 0 Å². The number of nitrogens with zero attached hydrogens (tertiary/aromatic N) is 3. The standard InChI is InChI=1S/C15H20ClN3O4S/c1-15(2,24(20,21)10-3-4-10)12-11-13(18-14(16)17-12)19-5-6-22-7-9(19)8-23-11/h9-10H,3-8H2,1-2H3. The summed E-state index contributed by atoms with van der Waals surface area (Å²) in [6, 6.07) is 0.0632. The van der Waals surface area contributed by atoms with Crippen LogP contribution in [0.3, 0.4) is 0 Å². The highest BCUT2D eigenvalue weighted by Gasteiger charge is 2.50. The molecule has 9 heteroatoms. The molecule has 7 nitrogen and oxygen atoms in total. The summed E-state index contributed by atoms with van der Waals surface area (Å²) >= 11 is 6.13. The monoisotopic (exact) mass is 373 g/mol. The highest BCUT2D eigenvalue weighted by molar-refractivity contribution is 7.93. The van der Waals surface area contributed by atoms with Crippen molar-refractivity contribution in [2.45, 2.75) is 42.7 Å². The zero-order chi connectivity index (χ0) is 17.1. The minimum atomic E-state index is -3.37. The first-order valence-electron chi connectivity index (χ1n) is 8.11. The maximum Gasteiger partial charge on any atom is 0.224 e. The van der Waals surface area contributed by atoms with Gasteiger partial charge in [-0.3, -0.25) is 0 Å². The Morgan fingerprint density at radius 1 is 1.25 bits per heavy atom. The van der Waals surface area contributed by atoms with E-state index in [4.69, 9.17) is 21.1 Å². The number of hydrogen-bond donors (Lipinski definition) is 0. The van der Waals surface area contributed by atoms with Crippen LogP contribution in [-0.2, 0) is 19.3 Å². The first-order chi connectivity index (χ1) is 11.3. The van der Waals surface area contributed by atoms with Crippen molar-refractivity contribution in [1.29, 1.82) is 0 Å². The second-order valence-corrected chi connectivity index (χ2v) is 10.1. The molecule has 24 heavy (non-hydrogen) atoms. The largest absolute Gasteiger partial charge is 0.486 e. The predicted molar refractivity (Wildman–Crippen MR) is 89.5 cm³/mol. The molecule has 3 aliphatic rings. The lowest BCUT2D eigenvalue weighted by atomic mass is 10.1. The Morgan fingerprint density at radius 2 is 2.00 bits per heavy atom. The van der Waals surface area contributed by atoms with E-state index in [1.165, 1.54) is 0 Å². The third-order valence-electron chi connectivity index (χ3n) is 4.98. The molecule has 1 aromatic heterocycles. The molecule has 1 aliphatic carbocycles. The lowest BCUT2D eigenvalue weighted by Gasteiger charge is -2.41. The number of halogens is 1. The number of anilines is 1. The Labute approximate surface area is 146 Å². The van der Waals surface area contributed by atoms with Gasteiger partial charge in [-0.25, -0.2) is 13.4 Å². The third-order valence-corrected chi connectivity index (χ3v) is 8.12. The first kappa shape index (κ1) is 16.4. The minimum Gasteiger partial charge on any atom is -0.486 e. The smallest absolute Gasteiger partial charge is 0.224 e. The summed E-state index contributed by atoms with van der Waals surface area (Å²) in [6.07, 6.45) is 1.42. The van der Waals surface area contributed by atoms with Gasteiger partial charge in [0.05, 0.1) is 24.5 Å². The zero-order valence-corrected chi connectivity index (χ0v) is 15.2. The molecule has 132 valence electrons. The van der Waals surface area contributed by atoms with E-state index in [0.29, 0.717) is 56.5 Å². The Balaban J connectivity index is 1.84. The second kappa shape index (κ2) is 5.44. The number of morpholine rings is 1. The molecule has 0 aromatic carbocycles. The zero-order valence-electron chi connectivity index (χ0n) is 13.7. The molecule has 2 fully saturated rings. The number of rotatable bonds is 3. The molecule has 0 amide bonds.